The third kappa shape index (κ3) is 5.29. The summed E-state index contributed by atoms with van der Waals surface area (Å²) in [6, 6.07) is 10.7. The maximum Gasteiger partial charge on any atom is 0.348 e. The number of hydrogen-bond acceptors (Lipinski definition) is 5. The van der Waals surface area contributed by atoms with Gasteiger partial charge >= 0.3 is 5.97 Å². The number of hydrogen-bond donors (Lipinski definition) is 1. The highest BCUT2D eigenvalue weighted by atomic mass is 32.1. The first-order valence-electron chi connectivity index (χ1n) is 9.55. The predicted molar refractivity (Wildman–Crippen MR) is 109 cm³/mol. The molecular weight excluding hydrogens is 374 g/mol. The molecule has 1 amide bonds. The second kappa shape index (κ2) is 9.15. The number of thiophene rings is 1. The van der Waals surface area contributed by atoms with Crippen molar-refractivity contribution in [3.05, 3.63) is 57.3 Å². The molecule has 148 valence electrons. The van der Waals surface area contributed by atoms with E-state index in [9.17, 15) is 14.4 Å². The number of fused-ring (bicyclic) bond motifs is 1. The Bertz CT molecular complexity index is 859. The van der Waals surface area contributed by atoms with Crippen LogP contribution in [0, 0.1) is 5.92 Å². The van der Waals surface area contributed by atoms with Crippen molar-refractivity contribution in [1.29, 1.82) is 0 Å². The molecule has 3 rings (SSSR count). The van der Waals surface area contributed by atoms with Gasteiger partial charge in [-0.3, -0.25) is 9.59 Å². The topological polar surface area (TPSA) is 72.5 Å². The second-order valence-corrected chi connectivity index (χ2v) is 8.54. The lowest BCUT2D eigenvalue weighted by molar-refractivity contribution is -0.128. The van der Waals surface area contributed by atoms with Gasteiger partial charge in [-0.25, -0.2) is 4.79 Å². The normalized spacial score (nSPS) is 16.7. The molecular formula is C22H25NO4S. The van der Waals surface area contributed by atoms with Crippen molar-refractivity contribution in [2.75, 3.05) is 6.61 Å². The van der Waals surface area contributed by atoms with Gasteiger partial charge in [0.1, 0.15) is 4.88 Å². The molecule has 0 bridgehead atoms. The molecule has 2 aromatic rings. The molecule has 0 saturated heterocycles. The van der Waals surface area contributed by atoms with E-state index < -0.39 is 24.5 Å². The molecule has 1 aliphatic rings. The van der Waals surface area contributed by atoms with Crippen molar-refractivity contribution in [3.8, 4) is 0 Å². The fraction of sp³-hybridized carbons (Fsp3) is 0.409. The molecule has 1 N–H and O–H groups in total. The van der Waals surface area contributed by atoms with E-state index in [-0.39, 0.29) is 5.78 Å². The van der Waals surface area contributed by atoms with E-state index in [0.29, 0.717) is 17.2 Å². The number of benzene rings is 1. The van der Waals surface area contributed by atoms with Crippen molar-refractivity contribution in [2.45, 2.75) is 45.6 Å². The number of amides is 1. The first-order valence-corrected chi connectivity index (χ1v) is 10.4. The fourth-order valence-corrected chi connectivity index (χ4v) is 4.49. The van der Waals surface area contributed by atoms with E-state index in [1.165, 1.54) is 28.7 Å². The number of ketones is 1. The van der Waals surface area contributed by atoms with Crippen molar-refractivity contribution in [2.24, 2.45) is 5.92 Å². The Kier molecular flexibility index (Phi) is 6.62. The quantitative estimate of drug-likeness (QED) is 0.725. The minimum atomic E-state index is -0.635. The summed E-state index contributed by atoms with van der Waals surface area (Å²) >= 11 is 1.46. The van der Waals surface area contributed by atoms with Crippen molar-refractivity contribution >= 4 is 29.0 Å². The van der Waals surface area contributed by atoms with Crippen LogP contribution in [0.1, 0.15) is 45.9 Å². The molecule has 28 heavy (non-hydrogen) atoms. The largest absolute Gasteiger partial charge is 0.451 e. The summed E-state index contributed by atoms with van der Waals surface area (Å²) < 4.78 is 5.17. The van der Waals surface area contributed by atoms with Crippen LogP contribution in [0.4, 0.5) is 0 Å². The highest BCUT2D eigenvalue weighted by molar-refractivity contribution is 7.14. The van der Waals surface area contributed by atoms with E-state index in [2.05, 4.69) is 12.2 Å². The van der Waals surface area contributed by atoms with E-state index in [0.717, 1.165) is 24.8 Å². The van der Waals surface area contributed by atoms with Crippen LogP contribution in [0.3, 0.4) is 0 Å². The zero-order valence-corrected chi connectivity index (χ0v) is 17.0. The standard InChI is InChI=1S/C22H25NO4S/c1-14-8-9-19-17(10-14)12-20(28-19)22(26)27-13-21(25)23-18(15(2)24)11-16-6-4-3-5-7-16/h3-7,12,14,18H,8-11,13H2,1-2H3,(H,23,25)/t14-,18-/m0/s1. The molecule has 0 spiro atoms. The van der Waals surface area contributed by atoms with Crippen LogP contribution in [0.15, 0.2) is 36.4 Å². The summed E-state index contributed by atoms with van der Waals surface area (Å²) in [6.45, 7) is 3.26. The molecule has 0 aliphatic heterocycles. The predicted octanol–water partition coefficient (Wildman–Crippen LogP) is 3.35. The molecule has 0 radical (unpaired) electrons. The number of esters is 1. The van der Waals surface area contributed by atoms with Gasteiger partial charge < -0.3 is 10.1 Å². The molecule has 0 unspecified atom stereocenters. The maximum atomic E-state index is 12.3. The summed E-state index contributed by atoms with van der Waals surface area (Å²) in [6.07, 6.45) is 3.53. The van der Waals surface area contributed by atoms with Gasteiger partial charge in [-0.2, -0.15) is 0 Å². The Morgan fingerprint density at radius 3 is 2.71 bits per heavy atom. The molecule has 0 saturated carbocycles. The minimum Gasteiger partial charge on any atom is -0.451 e. The minimum absolute atomic E-state index is 0.136. The second-order valence-electron chi connectivity index (χ2n) is 7.40. The van der Waals surface area contributed by atoms with Crippen molar-refractivity contribution in [1.82, 2.24) is 5.32 Å². The first kappa shape index (κ1) is 20.3. The van der Waals surface area contributed by atoms with Crippen LogP contribution >= 0.6 is 11.3 Å². The lowest BCUT2D eigenvalue weighted by Gasteiger charge is -2.16. The first-order chi connectivity index (χ1) is 13.4. The fourth-order valence-electron chi connectivity index (χ4n) is 3.39. The van der Waals surface area contributed by atoms with Gasteiger partial charge in [0.25, 0.3) is 5.91 Å². The average Bonchev–Trinajstić information content (AvgIpc) is 3.09. The number of aryl methyl sites for hydroxylation is 1. The van der Waals surface area contributed by atoms with Gasteiger partial charge in [-0.15, -0.1) is 11.3 Å². The Morgan fingerprint density at radius 2 is 2.00 bits per heavy atom. The van der Waals surface area contributed by atoms with Crippen molar-refractivity contribution in [3.63, 3.8) is 0 Å². The van der Waals surface area contributed by atoms with Gasteiger partial charge in [0.15, 0.2) is 12.4 Å². The molecule has 5 nitrogen and oxygen atoms in total. The highest BCUT2D eigenvalue weighted by Crippen LogP contribution is 2.32. The van der Waals surface area contributed by atoms with Gasteiger partial charge in [0.2, 0.25) is 0 Å². The van der Waals surface area contributed by atoms with Crippen LogP contribution in [-0.4, -0.2) is 30.3 Å². The van der Waals surface area contributed by atoms with Crippen LogP contribution < -0.4 is 5.32 Å². The smallest absolute Gasteiger partial charge is 0.348 e. The van der Waals surface area contributed by atoms with E-state index >= 15 is 0 Å². The van der Waals surface area contributed by atoms with Gasteiger partial charge in [-0.05, 0) is 55.7 Å². The summed E-state index contributed by atoms with van der Waals surface area (Å²) in [5.74, 6) is -0.461. The molecule has 1 aromatic heterocycles. The maximum absolute atomic E-state index is 12.3. The Hall–Kier alpha value is -2.47. The SMILES string of the molecule is CC(=O)[C@H](Cc1ccccc1)NC(=O)COC(=O)c1cc2c(s1)CC[C@H](C)C2. The molecule has 2 atom stereocenters. The molecule has 0 fully saturated rings. The lowest BCUT2D eigenvalue weighted by Crippen LogP contribution is -2.43. The summed E-state index contributed by atoms with van der Waals surface area (Å²) in [5, 5.41) is 2.66. The number of nitrogens with one attached hydrogen (secondary N) is 1. The third-order valence-corrected chi connectivity index (χ3v) is 6.19. The van der Waals surface area contributed by atoms with E-state index in [4.69, 9.17) is 4.74 Å². The van der Waals surface area contributed by atoms with Crippen LogP contribution in [0.25, 0.3) is 0 Å². The van der Waals surface area contributed by atoms with Crippen LogP contribution in [0.2, 0.25) is 0 Å². The van der Waals surface area contributed by atoms with Crippen LogP contribution in [0.5, 0.6) is 0 Å². The van der Waals surface area contributed by atoms with Gasteiger partial charge in [0.05, 0.1) is 6.04 Å². The number of ether oxygens (including phenoxy) is 1. The third-order valence-electron chi connectivity index (χ3n) is 4.97. The van der Waals surface area contributed by atoms with E-state index in [1.807, 2.05) is 36.4 Å². The average molecular weight is 400 g/mol. The van der Waals surface area contributed by atoms with Crippen molar-refractivity contribution < 1.29 is 19.1 Å². The monoisotopic (exact) mass is 399 g/mol. The summed E-state index contributed by atoms with van der Waals surface area (Å²) in [5.41, 5.74) is 2.18. The van der Waals surface area contributed by atoms with Crippen LogP contribution in [-0.2, 0) is 33.6 Å². The number of rotatable bonds is 7. The molecule has 1 aromatic carbocycles. The molecule has 6 heteroatoms. The lowest BCUT2D eigenvalue weighted by atomic mass is 9.90. The number of carbonyl (C=O) groups excluding carboxylic acids is 3. The molecule has 1 aliphatic carbocycles. The highest BCUT2D eigenvalue weighted by Gasteiger charge is 2.23. The van der Waals surface area contributed by atoms with Gasteiger partial charge in [0, 0.05) is 4.88 Å². The molecule has 1 heterocycles. The zero-order chi connectivity index (χ0) is 20.1. The van der Waals surface area contributed by atoms with E-state index in [1.54, 1.807) is 0 Å². The summed E-state index contributed by atoms with van der Waals surface area (Å²) in [4.78, 5) is 38.1. The zero-order valence-electron chi connectivity index (χ0n) is 16.2. The van der Waals surface area contributed by atoms with Gasteiger partial charge in [-0.1, -0.05) is 37.3 Å². The number of Topliss-reactive ketones (excluding diaryl/α,β-unsaturated/α-hetero) is 1. The number of carbonyl (C=O) groups is 3. The Labute approximate surface area is 169 Å². The Morgan fingerprint density at radius 1 is 1.25 bits per heavy atom. The Balaban J connectivity index is 1.52. The summed E-state index contributed by atoms with van der Waals surface area (Å²) in [7, 11) is 0.